The van der Waals surface area contributed by atoms with E-state index in [1.54, 1.807) is 11.3 Å². The zero-order valence-electron chi connectivity index (χ0n) is 8.74. The molecule has 96 valence electrons. The Bertz CT molecular complexity index is 566. The number of hydrogen-bond acceptors (Lipinski definition) is 2. The molecule has 1 N–H and O–H groups in total. The lowest BCUT2D eigenvalue weighted by molar-refractivity contribution is 1.19. The second-order valence-electron chi connectivity index (χ2n) is 3.41. The van der Waals surface area contributed by atoms with Crippen molar-refractivity contribution in [2.45, 2.75) is 6.54 Å². The van der Waals surface area contributed by atoms with E-state index in [4.69, 9.17) is 23.2 Å². The summed E-state index contributed by atoms with van der Waals surface area (Å²) in [5.41, 5.74) is 0.825. The molecule has 0 aliphatic heterocycles. The van der Waals surface area contributed by atoms with Gasteiger partial charge in [-0.2, -0.15) is 0 Å². The van der Waals surface area contributed by atoms with Crippen LogP contribution < -0.4 is 5.32 Å². The van der Waals surface area contributed by atoms with Gasteiger partial charge >= 0.3 is 0 Å². The summed E-state index contributed by atoms with van der Waals surface area (Å²) in [5.74, 6) is 0. The molecule has 18 heavy (non-hydrogen) atoms. The predicted octanol–water partition coefficient (Wildman–Crippen LogP) is 6.95. The van der Waals surface area contributed by atoms with Crippen LogP contribution in [0.1, 0.15) is 4.88 Å². The van der Waals surface area contributed by atoms with Gasteiger partial charge in [-0.3, -0.25) is 0 Å². The number of nitrogens with one attached hydrogen (secondary N) is 1. The van der Waals surface area contributed by atoms with E-state index in [9.17, 15) is 0 Å². The Hall–Kier alpha value is 0.740. The molecule has 0 radical (unpaired) electrons. The Labute approximate surface area is 144 Å². The van der Waals surface area contributed by atoms with Crippen molar-refractivity contribution >= 4 is 88.0 Å². The van der Waals surface area contributed by atoms with Gasteiger partial charge in [-0.1, -0.05) is 23.2 Å². The first-order chi connectivity index (χ1) is 8.49. The minimum atomic E-state index is 0.523. The topological polar surface area (TPSA) is 12.0 Å². The number of benzene rings is 1. The number of halogens is 5. The third-order valence-corrected chi connectivity index (χ3v) is 7.21. The minimum Gasteiger partial charge on any atom is -0.379 e. The minimum absolute atomic E-state index is 0.523. The lowest BCUT2D eigenvalue weighted by Crippen LogP contribution is -1.98. The first-order valence-corrected chi connectivity index (χ1v) is 8.75. The van der Waals surface area contributed by atoms with Crippen LogP contribution in [0, 0.1) is 0 Å². The van der Waals surface area contributed by atoms with Gasteiger partial charge in [-0.25, -0.2) is 0 Å². The van der Waals surface area contributed by atoms with E-state index in [-0.39, 0.29) is 0 Å². The van der Waals surface area contributed by atoms with Crippen LogP contribution in [-0.4, -0.2) is 0 Å². The average Bonchev–Trinajstić information content (AvgIpc) is 2.65. The molecule has 0 fully saturated rings. The van der Waals surface area contributed by atoms with E-state index in [2.05, 4.69) is 59.2 Å². The first kappa shape index (κ1) is 15.1. The summed E-state index contributed by atoms with van der Waals surface area (Å²) in [6, 6.07) is 5.84. The molecule has 0 saturated carbocycles. The molecule has 2 aromatic rings. The Balaban J connectivity index is 2.13. The van der Waals surface area contributed by atoms with E-state index in [1.807, 2.05) is 12.1 Å². The van der Waals surface area contributed by atoms with Crippen LogP contribution in [0.4, 0.5) is 5.69 Å². The number of anilines is 1. The summed E-state index contributed by atoms with van der Waals surface area (Å²) in [6.45, 7) is 0.701. The summed E-state index contributed by atoms with van der Waals surface area (Å²) in [7, 11) is 0. The van der Waals surface area contributed by atoms with Crippen LogP contribution in [0.5, 0.6) is 0 Å². The number of rotatable bonds is 3. The van der Waals surface area contributed by atoms with Crippen LogP contribution >= 0.6 is 82.3 Å². The van der Waals surface area contributed by atoms with Crippen molar-refractivity contribution in [1.82, 2.24) is 0 Å². The molecule has 1 aromatic carbocycles. The van der Waals surface area contributed by atoms with Crippen LogP contribution in [0.2, 0.25) is 10.0 Å². The lowest BCUT2D eigenvalue weighted by atomic mass is 10.3. The van der Waals surface area contributed by atoms with Gasteiger partial charge in [0, 0.05) is 20.4 Å². The molecule has 1 aromatic heterocycles. The van der Waals surface area contributed by atoms with Gasteiger partial charge in [0.05, 0.1) is 19.5 Å². The molecule has 0 aliphatic rings. The monoisotopic (exact) mass is 491 g/mol. The zero-order chi connectivity index (χ0) is 13.3. The van der Waals surface area contributed by atoms with Crippen LogP contribution in [0.25, 0.3) is 0 Å². The first-order valence-electron chi connectivity index (χ1n) is 4.80. The van der Waals surface area contributed by atoms with Crippen molar-refractivity contribution in [2.75, 3.05) is 5.32 Å². The van der Waals surface area contributed by atoms with E-state index < -0.39 is 0 Å². The van der Waals surface area contributed by atoms with Gasteiger partial charge in [-0.15, -0.1) is 11.3 Å². The maximum absolute atomic E-state index is 6.16. The quantitative estimate of drug-likeness (QED) is 0.455. The number of thiophene rings is 1. The summed E-state index contributed by atoms with van der Waals surface area (Å²) < 4.78 is 2.94. The highest BCUT2D eigenvalue weighted by Crippen LogP contribution is 2.37. The molecule has 0 spiro atoms. The third kappa shape index (κ3) is 3.44. The summed E-state index contributed by atoms with van der Waals surface area (Å²) in [5, 5.41) is 4.32. The average molecular weight is 495 g/mol. The second kappa shape index (κ2) is 6.46. The molecule has 0 bridgehead atoms. The van der Waals surface area contributed by atoms with Crippen molar-refractivity contribution in [1.29, 1.82) is 0 Å². The Morgan fingerprint density at radius 3 is 2.39 bits per heavy atom. The summed E-state index contributed by atoms with van der Waals surface area (Å²) >= 11 is 24.2. The fourth-order valence-corrected chi connectivity index (χ4v) is 4.28. The SMILES string of the molecule is Clc1c(Br)ccc(NCc2cc(Br)c(Br)s2)c1Cl. The standard InChI is InChI=1S/C11H6Br3Cl2NS/c12-6-1-2-8(10(16)9(6)15)17-4-5-3-7(13)11(14)18-5/h1-3,17H,4H2. The Morgan fingerprint density at radius 1 is 1.06 bits per heavy atom. The van der Waals surface area contributed by atoms with Crippen molar-refractivity contribution in [3.8, 4) is 0 Å². The molecule has 0 saturated heterocycles. The molecule has 7 heteroatoms. The fraction of sp³-hybridized carbons (Fsp3) is 0.0909. The smallest absolute Gasteiger partial charge is 0.0843 e. The Morgan fingerprint density at radius 2 is 1.78 bits per heavy atom. The molecule has 1 heterocycles. The van der Waals surface area contributed by atoms with Crippen LogP contribution in [-0.2, 0) is 6.54 Å². The molecule has 0 unspecified atom stereocenters. The van der Waals surface area contributed by atoms with Gasteiger partial charge < -0.3 is 5.32 Å². The maximum atomic E-state index is 6.16. The van der Waals surface area contributed by atoms with E-state index in [0.717, 1.165) is 18.4 Å². The van der Waals surface area contributed by atoms with E-state index in [1.165, 1.54) is 4.88 Å². The van der Waals surface area contributed by atoms with Gasteiger partial charge in [0.15, 0.2) is 0 Å². The molecule has 2 rings (SSSR count). The van der Waals surface area contributed by atoms with Crippen molar-refractivity contribution in [3.63, 3.8) is 0 Å². The van der Waals surface area contributed by atoms with Crippen molar-refractivity contribution in [2.24, 2.45) is 0 Å². The van der Waals surface area contributed by atoms with Gasteiger partial charge in [0.25, 0.3) is 0 Å². The van der Waals surface area contributed by atoms with E-state index in [0.29, 0.717) is 16.6 Å². The summed E-state index contributed by atoms with van der Waals surface area (Å²) in [6.07, 6.45) is 0. The predicted molar refractivity (Wildman–Crippen MR) is 91.2 cm³/mol. The van der Waals surface area contributed by atoms with Crippen molar-refractivity contribution < 1.29 is 0 Å². The highest BCUT2D eigenvalue weighted by atomic mass is 79.9. The van der Waals surface area contributed by atoms with Gasteiger partial charge in [0.2, 0.25) is 0 Å². The third-order valence-electron chi connectivity index (χ3n) is 2.18. The molecule has 0 aliphatic carbocycles. The number of hydrogen-bond donors (Lipinski definition) is 1. The zero-order valence-corrected chi connectivity index (χ0v) is 15.8. The molecular weight excluding hydrogens is 489 g/mol. The summed E-state index contributed by atoms with van der Waals surface area (Å²) in [4.78, 5) is 1.20. The Kier molecular flexibility index (Phi) is 5.43. The lowest BCUT2D eigenvalue weighted by Gasteiger charge is -2.09. The molecular formula is C11H6Br3Cl2NS. The van der Waals surface area contributed by atoms with E-state index >= 15 is 0 Å². The molecule has 0 atom stereocenters. The van der Waals surface area contributed by atoms with Gasteiger partial charge in [-0.05, 0) is 66.0 Å². The highest BCUT2D eigenvalue weighted by molar-refractivity contribution is 9.13. The van der Waals surface area contributed by atoms with Gasteiger partial charge in [0.1, 0.15) is 0 Å². The van der Waals surface area contributed by atoms with Crippen LogP contribution in [0.3, 0.4) is 0 Å². The molecule has 0 amide bonds. The molecule has 1 nitrogen and oxygen atoms in total. The normalized spacial score (nSPS) is 10.7. The van der Waals surface area contributed by atoms with Crippen molar-refractivity contribution in [3.05, 3.63) is 45.9 Å². The second-order valence-corrected chi connectivity index (χ2v) is 8.33. The highest BCUT2D eigenvalue weighted by Gasteiger charge is 2.09. The maximum Gasteiger partial charge on any atom is 0.0843 e. The largest absolute Gasteiger partial charge is 0.379 e. The fourth-order valence-electron chi connectivity index (χ4n) is 1.32. The van der Waals surface area contributed by atoms with Crippen LogP contribution in [0.15, 0.2) is 30.9 Å².